The molecule has 0 aromatic carbocycles. The smallest absolute Gasteiger partial charge is 0.469 e. The van der Waals surface area contributed by atoms with Gasteiger partial charge in [0.1, 0.15) is 25.4 Å². The number of carbonyl (C=O) groups is 4. The van der Waals surface area contributed by atoms with Crippen LogP contribution in [-0.2, 0) is 53.2 Å². The second-order valence-corrected chi connectivity index (χ2v) is 10.4. The minimum Gasteiger partial charge on any atom is -0.469 e. The second kappa shape index (κ2) is 11.5. The van der Waals surface area contributed by atoms with Gasteiger partial charge in [0.2, 0.25) is 0 Å². The molecule has 4 atom stereocenters. The molecular formula is C22H34O12S. The van der Waals surface area contributed by atoms with Crippen LogP contribution >= 0.6 is 0 Å². The fraction of sp³-hybridized carbons (Fsp3) is 0.818. The van der Waals surface area contributed by atoms with E-state index >= 15 is 0 Å². The van der Waals surface area contributed by atoms with Crippen molar-refractivity contribution in [2.24, 2.45) is 16.2 Å². The van der Waals surface area contributed by atoms with Crippen molar-refractivity contribution in [1.29, 1.82) is 0 Å². The minimum atomic E-state index is -3.36. The van der Waals surface area contributed by atoms with Crippen molar-refractivity contribution in [1.82, 2.24) is 0 Å². The van der Waals surface area contributed by atoms with Crippen LogP contribution in [0.25, 0.3) is 0 Å². The molecule has 2 aliphatic carbocycles. The number of ether oxygens (including phenoxy) is 5. The predicted molar refractivity (Wildman–Crippen MR) is 118 cm³/mol. The van der Waals surface area contributed by atoms with Crippen molar-refractivity contribution in [2.75, 3.05) is 26.9 Å². The van der Waals surface area contributed by atoms with Crippen molar-refractivity contribution in [3.63, 3.8) is 0 Å². The molecule has 0 spiro atoms. The Kier molecular flexibility index (Phi) is 9.51. The van der Waals surface area contributed by atoms with Gasteiger partial charge in [0.05, 0.1) is 25.6 Å². The van der Waals surface area contributed by atoms with Crippen LogP contribution < -0.4 is 0 Å². The van der Waals surface area contributed by atoms with E-state index in [1.807, 2.05) is 6.92 Å². The van der Waals surface area contributed by atoms with Gasteiger partial charge < -0.3 is 23.7 Å². The van der Waals surface area contributed by atoms with Crippen molar-refractivity contribution in [2.45, 2.75) is 72.0 Å². The first-order chi connectivity index (χ1) is 16.3. The van der Waals surface area contributed by atoms with Gasteiger partial charge in [0.25, 0.3) is 11.0 Å². The first-order valence-corrected chi connectivity index (χ1v) is 12.4. The normalized spacial score (nSPS) is 27.4. The summed E-state index contributed by atoms with van der Waals surface area (Å²) in [5.41, 5.74) is -2.67. The summed E-state index contributed by atoms with van der Waals surface area (Å²) in [6.07, 6.45) is -2.17. The Hall–Kier alpha value is -2.41. The van der Waals surface area contributed by atoms with Crippen LogP contribution in [0.4, 0.5) is 4.79 Å². The number of fused-ring (bicyclic) bond motifs is 2. The molecule has 0 heterocycles. The Balaban J connectivity index is 2.15. The third kappa shape index (κ3) is 6.84. The molecule has 0 N–H and O–H groups in total. The lowest BCUT2D eigenvalue weighted by Gasteiger charge is -2.39. The highest BCUT2D eigenvalue weighted by Crippen LogP contribution is 2.65. The molecule has 4 unspecified atom stereocenters. The van der Waals surface area contributed by atoms with Gasteiger partial charge in [-0.25, -0.2) is 13.2 Å². The third-order valence-corrected chi connectivity index (χ3v) is 7.39. The van der Waals surface area contributed by atoms with E-state index in [1.165, 1.54) is 14.0 Å². The van der Waals surface area contributed by atoms with Crippen molar-refractivity contribution >= 4 is 35.0 Å². The van der Waals surface area contributed by atoms with Gasteiger partial charge in [0.15, 0.2) is 0 Å². The summed E-state index contributed by atoms with van der Waals surface area (Å²) in [5.74, 6) is -1.59. The van der Waals surface area contributed by atoms with Gasteiger partial charge >= 0.3 is 24.1 Å². The molecule has 0 saturated heterocycles. The maximum Gasteiger partial charge on any atom is 0.508 e. The van der Waals surface area contributed by atoms with Crippen LogP contribution in [0.5, 0.6) is 0 Å². The summed E-state index contributed by atoms with van der Waals surface area (Å²) < 4.78 is 53.7. The van der Waals surface area contributed by atoms with Gasteiger partial charge in [-0.2, -0.15) is 0 Å². The SMILES string of the molecule is CCC(C)(C)C(=O)OCCOC(=O)OC1C(O[SH](=O)=O)C2(COC(C)=O)CCC1(CC(=O)OC)C2. The fourth-order valence-corrected chi connectivity index (χ4v) is 5.27. The largest absolute Gasteiger partial charge is 0.508 e. The molecule has 35 heavy (non-hydrogen) atoms. The van der Waals surface area contributed by atoms with E-state index in [-0.39, 0.29) is 32.7 Å². The van der Waals surface area contributed by atoms with Crippen molar-refractivity contribution in [3.05, 3.63) is 0 Å². The van der Waals surface area contributed by atoms with Gasteiger partial charge in [0, 0.05) is 17.8 Å². The van der Waals surface area contributed by atoms with Gasteiger partial charge in [-0.15, -0.1) is 0 Å². The number of rotatable bonds is 12. The first-order valence-electron chi connectivity index (χ1n) is 11.3. The zero-order chi connectivity index (χ0) is 26.4. The topological polar surface area (TPSA) is 158 Å². The van der Waals surface area contributed by atoms with Gasteiger partial charge in [-0.05, 0) is 39.5 Å². The zero-order valence-electron chi connectivity index (χ0n) is 20.7. The van der Waals surface area contributed by atoms with E-state index in [4.69, 9.17) is 27.9 Å². The van der Waals surface area contributed by atoms with Crippen molar-refractivity contribution in [3.8, 4) is 0 Å². The monoisotopic (exact) mass is 522 g/mol. The molecule has 12 nitrogen and oxygen atoms in total. The molecule has 13 heteroatoms. The fourth-order valence-electron chi connectivity index (χ4n) is 4.75. The van der Waals surface area contributed by atoms with Crippen LogP contribution in [0.1, 0.15) is 59.8 Å². The van der Waals surface area contributed by atoms with E-state index in [2.05, 4.69) is 0 Å². The van der Waals surface area contributed by atoms with Crippen LogP contribution in [0.15, 0.2) is 0 Å². The van der Waals surface area contributed by atoms with Crippen LogP contribution in [0.3, 0.4) is 0 Å². The summed E-state index contributed by atoms with van der Waals surface area (Å²) in [5, 5.41) is 0. The lowest BCUT2D eigenvalue weighted by molar-refractivity contribution is -0.155. The molecule has 2 saturated carbocycles. The highest BCUT2D eigenvalue weighted by atomic mass is 32.2. The van der Waals surface area contributed by atoms with Crippen LogP contribution in [0, 0.1) is 16.2 Å². The zero-order valence-corrected chi connectivity index (χ0v) is 21.6. The number of methoxy groups -OCH3 is 1. The summed E-state index contributed by atoms with van der Waals surface area (Å²) in [7, 11) is -2.15. The maximum atomic E-state index is 12.5. The molecule has 0 radical (unpaired) electrons. The average Bonchev–Trinajstić information content (AvgIpc) is 3.27. The lowest BCUT2D eigenvalue weighted by atomic mass is 9.76. The Bertz CT molecular complexity index is 889. The standard InChI is InChI=1S/C22H34O12S/c1-6-20(3,4)18(25)30-9-10-31-19(26)33-16-17(34-35(27)28)22(13-32-14(2)23)8-7-21(16,12-22)11-15(24)29-5/h16-17,35H,6-13H2,1-5H3. The third-order valence-electron chi connectivity index (χ3n) is 6.99. The minimum absolute atomic E-state index is 0.164. The van der Waals surface area contributed by atoms with E-state index in [9.17, 15) is 27.6 Å². The van der Waals surface area contributed by atoms with Gasteiger partial charge in [-0.3, -0.25) is 18.6 Å². The summed E-state index contributed by atoms with van der Waals surface area (Å²) in [4.78, 5) is 48.1. The Morgan fingerprint density at radius 1 is 0.971 bits per heavy atom. The molecule has 0 aromatic heterocycles. The van der Waals surface area contributed by atoms with Crippen LogP contribution in [-0.4, -0.2) is 71.6 Å². The quantitative estimate of drug-likeness (QED) is 0.171. The molecule has 0 aromatic rings. The molecule has 2 rings (SSSR count). The average molecular weight is 523 g/mol. The Morgan fingerprint density at radius 3 is 2.17 bits per heavy atom. The summed E-state index contributed by atoms with van der Waals surface area (Å²) >= 11 is 0. The number of thiol groups is 1. The molecule has 0 amide bonds. The number of hydrogen-bond donors (Lipinski definition) is 1. The molecule has 0 aliphatic heterocycles. The van der Waals surface area contributed by atoms with E-state index in [1.54, 1.807) is 13.8 Å². The van der Waals surface area contributed by atoms with E-state index < -0.39 is 63.5 Å². The van der Waals surface area contributed by atoms with E-state index in [0.29, 0.717) is 19.3 Å². The number of carbonyl (C=O) groups excluding carboxylic acids is 4. The highest BCUT2D eigenvalue weighted by Gasteiger charge is 2.69. The Labute approximate surface area is 206 Å². The Morgan fingerprint density at radius 2 is 1.60 bits per heavy atom. The van der Waals surface area contributed by atoms with Crippen LogP contribution in [0.2, 0.25) is 0 Å². The van der Waals surface area contributed by atoms with E-state index in [0.717, 1.165) is 0 Å². The summed E-state index contributed by atoms with van der Waals surface area (Å²) in [6.45, 7) is 5.86. The number of esters is 3. The predicted octanol–water partition coefficient (Wildman–Crippen LogP) is 1.70. The lowest BCUT2D eigenvalue weighted by Crippen LogP contribution is -2.49. The number of hydrogen-bond acceptors (Lipinski definition) is 12. The molecule has 200 valence electrons. The second-order valence-electron chi connectivity index (χ2n) is 9.69. The summed E-state index contributed by atoms with van der Waals surface area (Å²) in [6, 6.07) is 0. The molecule has 2 fully saturated rings. The highest BCUT2D eigenvalue weighted by molar-refractivity contribution is 7.67. The van der Waals surface area contributed by atoms with Crippen molar-refractivity contribution < 1.29 is 55.5 Å². The van der Waals surface area contributed by atoms with Gasteiger partial charge in [-0.1, -0.05) is 6.92 Å². The molecular weight excluding hydrogens is 488 g/mol. The first kappa shape index (κ1) is 28.8. The molecule has 2 aliphatic rings. The molecule has 2 bridgehead atoms. The maximum absolute atomic E-state index is 12.5.